The molecule has 4 heteroatoms. The van der Waals surface area contributed by atoms with Gasteiger partial charge >= 0.3 is 0 Å². The molecule has 0 radical (unpaired) electrons. The van der Waals surface area contributed by atoms with Crippen molar-refractivity contribution in [3.05, 3.63) is 23.8 Å². The number of nitrogens with one attached hydrogen (secondary N) is 1. The molecule has 1 atom stereocenters. The molecular weight excluding hydrogens is 288 g/mol. The van der Waals surface area contributed by atoms with Crippen LogP contribution in [0.15, 0.2) is 18.2 Å². The molecule has 0 saturated carbocycles. The van der Waals surface area contributed by atoms with Crippen LogP contribution in [-0.2, 0) is 6.54 Å². The highest BCUT2D eigenvalue weighted by Gasteiger charge is 2.13. The molecule has 1 fully saturated rings. The maximum Gasteiger partial charge on any atom is 0.161 e. The Labute approximate surface area is 141 Å². The summed E-state index contributed by atoms with van der Waals surface area (Å²) in [5.41, 5.74) is 1.23. The lowest BCUT2D eigenvalue weighted by molar-refractivity contribution is 0.209. The van der Waals surface area contributed by atoms with Crippen molar-refractivity contribution in [2.75, 3.05) is 33.4 Å². The number of benzene rings is 1. The topological polar surface area (TPSA) is 33.7 Å². The number of methoxy groups -OCH3 is 1. The van der Waals surface area contributed by atoms with E-state index in [1.807, 2.05) is 6.07 Å². The molecule has 0 spiro atoms. The summed E-state index contributed by atoms with van der Waals surface area (Å²) < 4.78 is 11.2. The van der Waals surface area contributed by atoms with E-state index in [1.54, 1.807) is 7.11 Å². The van der Waals surface area contributed by atoms with Crippen LogP contribution in [0.25, 0.3) is 0 Å². The number of hydrogen-bond donors (Lipinski definition) is 1. The summed E-state index contributed by atoms with van der Waals surface area (Å²) in [6, 6.07) is 6.70. The lowest BCUT2D eigenvalue weighted by atomic mass is 10.1. The fourth-order valence-electron chi connectivity index (χ4n) is 3.04. The molecule has 0 bridgehead atoms. The fourth-order valence-corrected chi connectivity index (χ4v) is 3.04. The number of rotatable bonds is 9. The average molecular weight is 320 g/mol. The molecule has 1 heterocycles. The lowest BCUT2D eigenvalue weighted by Gasteiger charge is -2.29. The molecular formula is C19H32N2O2. The van der Waals surface area contributed by atoms with Crippen LogP contribution < -0.4 is 14.8 Å². The summed E-state index contributed by atoms with van der Waals surface area (Å²) in [5, 5.41) is 3.62. The summed E-state index contributed by atoms with van der Waals surface area (Å²) in [6.45, 7) is 9.60. The zero-order valence-electron chi connectivity index (χ0n) is 14.9. The summed E-state index contributed by atoms with van der Waals surface area (Å²) in [6.07, 6.45) is 5.09. The number of likely N-dealkylation sites (tertiary alicyclic amines) is 1. The Bertz CT molecular complexity index is 459. The van der Waals surface area contributed by atoms with Gasteiger partial charge in [0.05, 0.1) is 13.7 Å². The van der Waals surface area contributed by atoms with Gasteiger partial charge in [-0.05, 0) is 57.0 Å². The Morgan fingerprint density at radius 2 is 1.96 bits per heavy atom. The van der Waals surface area contributed by atoms with E-state index < -0.39 is 0 Å². The van der Waals surface area contributed by atoms with Crippen LogP contribution in [0.1, 0.15) is 45.1 Å². The van der Waals surface area contributed by atoms with Crippen LogP contribution in [-0.4, -0.2) is 44.3 Å². The zero-order chi connectivity index (χ0) is 16.5. The maximum atomic E-state index is 5.71. The van der Waals surface area contributed by atoms with Crippen molar-refractivity contribution < 1.29 is 9.47 Å². The van der Waals surface area contributed by atoms with Gasteiger partial charge < -0.3 is 19.7 Å². The second-order valence-electron chi connectivity index (χ2n) is 6.48. The Kier molecular flexibility index (Phi) is 7.69. The Hall–Kier alpha value is -1.26. The number of nitrogens with zero attached hydrogens (tertiary/aromatic N) is 1. The third-order valence-corrected chi connectivity index (χ3v) is 4.33. The van der Waals surface area contributed by atoms with Crippen LogP contribution in [0, 0.1) is 0 Å². The maximum absolute atomic E-state index is 5.71. The molecule has 1 saturated heterocycles. The van der Waals surface area contributed by atoms with Crippen LogP contribution in [0.4, 0.5) is 0 Å². The summed E-state index contributed by atoms with van der Waals surface area (Å²) in [7, 11) is 1.70. The molecule has 2 rings (SSSR count). The predicted octanol–water partition coefficient (Wildman–Crippen LogP) is 3.45. The second-order valence-corrected chi connectivity index (χ2v) is 6.48. The van der Waals surface area contributed by atoms with Gasteiger partial charge in [-0.3, -0.25) is 0 Å². The van der Waals surface area contributed by atoms with Gasteiger partial charge in [0, 0.05) is 19.1 Å². The highest BCUT2D eigenvalue weighted by molar-refractivity contribution is 5.42. The van der Waals surface area contributed by atoms with Crippen molar-refractivity contribution in [1.82, 2.24) is 10.2 Å². The van der Waals surface area contributed by atoms with Gasteiger partial charge in [-0.25, -0.2) is 0 Å². The molecule has 1 aromatic rings. The van der Waals surface area contributed by atoms with Crippen molar-refractivity contribution in [1.29, 1.82) is 0 Å². The summed E-state index contributed by atoms with van der Waals surface area (Å²) in [5.74, 6) is 1.65. The average Bonchev–Trinajstić information content (AvgIpc) is 2.59. The van der Waals surface area contributed by atoms with E-state index in [2.05, 4.69) is 36.2 Å². The molecule has 1 aliphatic heterocycles. The van der Waals surface area contributed by atoms with Gasteiger partial charge in [0.15, 0.2) is 11.5 Å². The predicted molar refractivity (Wildman–Crippen MR) is 95.4 cm³/mol. The second kappa shape index (κ2) is 9.78. The summed E-state index contributed by atoms with van der Waals surface area (Å²) in [4.78, 5) is 2.57. The van der Waals surface area contributed by atoms with E-state index >= 15 is 0 Å². The van der Waals surface area contributed by atoms with E-state index in [-0.39, 0.29) is 0 Å². The molecule has 0 aromatic heterocycles. The fraction of sp³-hybridized carbons (Fsp3) is 0.684. The highest BCUT2D eigenvalue weighted by Crippen LogP contribution is 2.28. The molecule has 1 aliphatic rings. The van der Waals surface area contributed by atoms with Crippen molar-refractivity contribution in [3.8, 4) is 11.5 Å². The molecule has 130 valence electrons. The Morgan fingerprint density at radius 3 is 2.65 bits per heavy atom. The lowest BCUT2D eigenvalue weighted by Crippen LogP contribution is -2.41. The van der Waals surface area contributed by atoms with E-state index in [0.717, 1.165) is 37.6 Å². The minimum Gasteiger partial charge on any atom is -0.493 e. The third-order valence-electron chi connectivity index (χ3n) is 4.33. The number of ether oxygens (including phenoxy) is 2. The van der Waals surface area contributed by atoms with Gasteiger partial charge in [-0.15, -0.1) is 0 Å². The highest BCUT2D eigenvalue weighted by atomic mass is 16.5. The molecule has 23 heavy (non-hydrogen) atoms. The molecule has 1 N–H and O–H groups in total. The van der Waals surface area contributed by atoms with E-state index in [9.17, 15) is 0 Å². The van der Waals surface area contributed by atoms with E-state index in [0.29, 0.717) is 6.04 Å². The monoisotopic (exact) mass is 320 g/mol. The van der Waals surface area contributed by atoms with Crippen LogP contribution in [0.2, 0.25) is 0 Å². The minimum absolute atomic E-state index is 0.495. The van der Waals surface area contributed by atoms with Crippen LogP contribution in [0.3, 0.4) is 0 Å². The van der Waals surface area contributed by atoms with Crippen molar-refractivity contribution >= 4 is 0 Å². The van der Waals surface area contributed by atoms with Crippen molar-refractivity contribution in [2.45, 2.75) is 52.1 Å². The smallest absolute Gasteiger partial charge is 0.161 e. The van der Waals surface area contributed by atoms with Crippen LogP contribution >= 0.6 is 0 Å². The number of piperidine rings is 1. The Balaban J connectivity index is 1.82. The van der Waals surface area contributed by atoms with Gasteiger partial charge in [-0.1, -0.05) is 19.4 Å². The summed E-state index contributed by atoms with van der Waals surface area (Å²) >= 11 is 0. The van der Waals surface area contributed by atoms with Crippen LogP contribution in [0.5, 0.6) is 11.5 Å². The first kappa shape index (κ1) is 18.1. The van der Waals surface area contributed by atoms with Crippen molar-refractivity contribution in [2.24, 2.45) is 0 Å². The van der Waals surface area contributed by atoms with Gasteiger partial charge in [0.2, 0.25) is 0 Å². The molecule has 0 unspecified atom stereocenters. The minimum atomic E-state index is 0.495. The van der Waals surface area contributed by atoms with Gasteiger partial charge in [0.25, 0.3) is 0 Å². The quantitative estimate of drug-likeness (QED) is 0.755. The third kappa shape index (κ3) is 6.04. The molecule has 0 amide bonds. The first-order chi connectivity index (χ1) is 11.2. The first-order valence-corrected chi connectivity index (χ1v) is 8.98. The number of hydrogen-bond acceptors (Lipinski definition) is 4. The standard InChI is InChI=1S/C19H32N2O2/c1-4-12-23-18-9-8-17(13-19(18)22-3)14-20-16(2)15-21-10-6-5-7-11-21/h8-9,13,16,20H,4-7,10-12,14-15H2,1-3H3/t16-/m1/s1. The van der Waals surface area contributed by atoms with Crippen molar-refractivity contribution in [3.63, 3.8) is 0 Å². The first-order valence-electron chi connectivity index (χ1n) is 8.98. The molecule has 1 aromatic carbocycles. The largest absolute Gasteiger partial charge is 0.493 e. The van der Waals surface area contributed by atoms with E-state index in [1.165, 1.54) is 37.9 Å². The molecule has 0 aliphatic carbocycles. The van der Waals surface area contributed by atoms with E-state index in [4.69, 9.17) is 9.47 Å². The van der Waals surface area contributed by atoms with Gasteiger partial charge in [-0.2, -0.15) is 0 Å². The SMILES string of the molecule is CCCOc1ccc(CN[C@H](C)CN2CCCCC2)cc1OC. The zero-order valence-corrected chi connectivity index (χ0v) is 14.9. The normalized spacial score (nSPS) is 17.0. The molecule has 4 nitrogen and oxygen atoms in total. The Morgan fingerprint density at radius 1 is 1.17 bits per heavy atom. The van der Waals surface area contributed by atoms with Gasteiger partial charge in [0.1, 0.15) is 0 Å².